The Bertz CT molecular complexity index is 861. The lowest BCUT2D eigenvalue weighted by molar-refractivity contribution is -0.384. The molecule has 6 heteroatoms. The fraction of sp³-hybridized carbons (Fsp3) is 0. The van der Waals surface area contributed by atoms with Crippen LogP contribution in [0.1, 0.15) is 5.56 Å². The second-order valence-corrected chi connectivity index (χ2v) is 4.19. The molecular formula is C14H8N4O2. The van der Waals surface area contributed by atoms with Crippen molar-refractivity contribution < 1.29 is 4.92 Å². The molecule has 0 spiro atoms. The highest BCUT2D eigenvalue weighted by Crippen LogP contribution is 2.23. The number of nitro groups is 1. The minimum absolute atomic E-state index is 0.109. The number of para-hydroxylation sites is 1. The summed E-state index contributed by atoms with van der Waals surface area (Å²) in [6, 6.07) is 13.7. The van der Waals surface area contributed by atoms with Crippen LogP contribution in [-0.2, 0) is 0 Å². The number of aromatic nitrogens is 2. The van der Waals surface area contributed by atoms with Gasteiger partial charge in [-0.15, -0.1) is 0 Å². The van der Waals surface area contributed by atoms with E-state index in [2.05, 4.69) is 5.10 Å². The molecule has 0 aliphatic rings. The summed E-state index contributed by atoms with van der Waals surface area (Å²) in [7, 11) is 0. The normalized spacial score (nSPS) is 10.3. The zero-order chi connectivity index (χ0) is 14.1. The predicted molar refractivity (Wildman–Crippen MR) is 72.4 cm³/mol. The Morgan fingerprint density at radius 2 is 2.05 bits per heavy atom. The minimum atomic E-state index is -0.522. The van der Waals surface area contributed by atoms with Crippen LogP contribution in [0.4, 0.5) is 5.69 Å². The third-order valence-corrected chi connectivity index (χ3v) is 3.02. The smallest absolute Gasteiger partial charge is 0.258 e. The Kier molecular flexibility index (Phi) is 2.66. The van der Waals surface area contributed by atoms with Crippen LogP contribution >= 0.6 is 0 Å². The van der Waals surface area contributed by atoms with Gasteiger partial charge in [0.15, 0.2) is 0 Å². The van der Waals surface area contributed by atoms with Crippen LogP contribution in [-0.4, -0.2) is 14.7 Å². The van der Waals surface area contributed by atoms with Gasteiger partial charge in [-0.2, -0.15) is 10.4 Å². The summed E-state index contributed by atoms with van der Waals surface area (Å²) in [6.45, 7) is 0. The zero-order valence-electron chi connectivity index (χ0n) is 10.2. The van der Waals surface area contributed by atoms with Gasteiger partial charge in [-0.1, -0.05) is 18.2 Å². The molecule has 96 valence electrons. The number of fused-ring (bicyclic) bond motifs is 1. The first-order valence-electron chi connectivity index (χ1n) is 5.82. The SMILES string of the molecule is N#Cc1cc([N+](=O)[O-])ccc1-n1ncc2ccccc21. The monoisotopic (exact) mass is 264 g/mol. The van der Waals surface area contributed by atoms with Gasteiger partial charge >= 0.3 is 0 Å². The molecule has 1 heterocycles. The van der Waals surface area contributed by atoms with Gasteiger partial charge in [0.2, 0.25) is 0 Å². The average Bonchev–Trinajstić information content (AvgIpc) is 2.90. The van der Waals surface area contributed by atoms with E-state index >= 15 is 0 Å². The summed E-state index contributed by atoms with van der Waals surface area (Å²) in [5.74, 6) is 0. The van der Waals surface area contributed by atoms with Crippen LogP contribution in [0.2, 0.25) is 0 Å². The fourth-order valence-electron chi connectivity index (χ4n) is 2.08. The first-order valence-corrected chi connectivity index (χ1v) is 5.82. The second-order valence-electron chi connectivity index (χ2n) is 4.19. The number of non-ortho nitro benzene ring substituents is 1. The lowest BCUT2D eigenvalue weighted by Crippen LogP contribution is -2.00. The van der Waals surface area contributed by atoms with E-state index in [0.29, 0.717) is 5.69 Å². The van der Waals surface area contributed by atoms with Crippen molar-refractivity contribution in [3.05, 3.63) is 64.3 Å². The number of benzene rings is 2. The Morgan fingerprint density at radius 3 is 2.80 bits per heavy atom. The van der Waals surface area contributed by atoms with E-state index in [4.69, 9.17) is 0 Å². The van der Waals surface area contributed by atoms with Crippen LogP contribution < -0.4 is 0 Å². The molecule has 0 aliphatic carbocycles. The topological polar surface area (TPSA) is 84.7 Å². The van der Waals surface area contributed by atoms with Crippen LogP contribution in [0.5, 0.6) is 0 Å². The molecule has 0 amide bonds. The highest BCUT2D eigenvalue weighted by atomic mass is 16.6. The fourth-order valence-corrected chi connectivity index (χ4v) is 2.08. The molecule has 0 unspecified atom stereocenters. The van der Waals surface area contributed by atoms with Crippen molar-refractivity contribution >= 4 is 16.6 Å². The van der Waals surface area contributed by atoms with Crippen molar-refractivity contribution in [2.45, 2.75) is 0 Å². The van der Waals surface area contributed by atoms with Gasteiger partial charge in [0.1, 0.15) is 6.07 Å². The molecule has 0 saturated heterocycles. The van der Waals surface area contributed by atoms with Crippen LogP contribution in [0.3, 0.4) is 0 Å². The minimum Gasteiger partial charge on any atom is -0.258 e. The maximum Gasteiger partial charge on any atom is 0.270 e. The summed E-state index contributed by atoms with van der Waals surface area (Å²) in [4.78, 5) is 10.2. The molecule has 0 radical (unpaired) electrons. The molecule has 0 bridgehead atoms. The number of nitro benzene ring substituents is 1. The van der Waals surface area contributed by atoms with Gasteiger partial charge in [-0.3, -0.25) is 10.1 Å². The Hall–Kier alpha value is -3.20. The number of nitriles is 1. The van der Waals surface area contributed by atoms with E-state index in [1.54, 1.807) is 10.9 Å². The predicted octanol–water partition coefficient (Wildman–Crippen LogP) is 2.81. The van der Waals surface area contributed by atoms with Crippen molar-refractivity contribution in [2.24, 2.45) is 0 Å². The van der Waals surface area contributed by atoms with Crippen molar-refractivity contribution in [1.29, 1.82) is 5.26 Å². The lowest BCUT2D eigenvalue weighted by atomic mass is 10.1. The molecule has 0 fully saturated rings. The largest absolute Gasteiger partial charge is 0.270 e. The van der Waals surface area contributed by atoms with Gasteiger partial charge in [-0.25, -0.2) is 4.68 Å². The molecule has 6 nitrogen and oxygen atoms in total. The quantitative estimate of drug-likeness (QED) is 0.526. The van der Waals surface area contributed by atoms with Gasteiger partial charge in [0.25, 0.3) is 5.69 Å². The summed E-state index contributed by atoms with van der Waals surface area (Å²) >= 11 is 0. The van der Waals surface area contributed by atoms with Crippen molar-refractivity contribution in [3.63, 3.8) is 0 Å². The standard InChI is InChI=1S/C14H8N4O2/c15-8-11-7-12(18(19)20)5-6-14(11)17-13-4-2-1-3-10(13)9-16-17/h1-7,9H. The maximum atomic E-state index is 10.8. The maximum absolute atomic E-state index is 10.8. The van der Waals surface area contributed by atoms with Crippen molar-refractivity contribution in [1.82, 2.24) is 9.78 Å². The van der Waals surface area contributed by atoms with E-state index in [0.717, 1.165) is 10.9 Å². The first-order chi connectivity index (χ1) is 9.70. The molecule has 0 atom stereocenters. The summed E-state index contributed by atoms with van der Waals surface area (Å²) < 4.78 is 1.61. The average molecular weight is 264 g/mol. The third-order valence-electron chi connectivity index (χ3n) is 3.02. The second kappa shape index (κ2) is 4.48. The highest BCUT2D eigenvalue weighted by molar-refractivity contribution is 5.80. The molecule has 1 aromatic heterocycles. The molecule has 3 aromatic rings. The summed E-state index contributed by atoms with van der Waals surface area (Å²) in [5.41, 5.74) is 1.48. The van der Waals surface area contributed by atoms with Crippen LogP contribution in [0.15, 0.2) is 48.7 Å². The first kappa shape index (κ1) is 11.9. The summed E-state index contributed by atoms with van der Waals surface area (Å²) in [5, 5.41) is 25.1. The van der Waals surface area contributed by atoms with E-state index in [9.17, 15) is 15.4 Å². The van der Waals surface area contributed by atoms with Crippen molar-refractivity contribution in [3.8, 4) is 11.8 Å². The molecule has 20 heavy (non-hydrogen) atoms. The van der Waals surface area contributed by atoms with E-state index in [1.165, 1.54) is 18.2 Å². The van der Waals surface area contributed by atoms with Gasteiger partial charge in [0, 0.05) is 17.5 Å². The molecule has 3 rings (SSSR count). The van der Waals surface area contributed by atoms with E-state index < -0.39 is 4.92 Å². The van der Waals surface area contributed by atoms with Crippen LogP contribution in [0.25, 0.3) is 16.6 Å². The van der Waals surface area contributed by atoms with Gasteiger partial charge < -0.3 is 0 Å². The molecule has 0 saturated carbocycles. The Balaban J connectivity index is 2.24. The number of nitrogens with zero attached hydrogens (tertiary/aromatic N) is 4. The Labute approximate surface area is 113 Å². The third kappa shape index (κ3) is 1.78. The molecule has 0 N–H and O–H groups in total. The highest BCUT2D eigenvalue weighted by Gasteiger charge is 2.13. The molecule has 0 aliphatic heterocycles. The van der Waals surface area contributed by atoms with Crippen molar-refractivity contribution in [2.75, 3.05) is 0 Å². The van der Waals surface area contributed by atoms with E-state index in [-0.39, 0.29) is 11.3 Å². The van der Waals surface area contributed by atoms with E-state index in [1.807, 2.05) is 30.3 Å². The molecular weight excluding hydrogens is 256 g/mol. The number of hydrogen-bond donors (Lipinski definition) is 0. The molecule has 2 aromatic carbocycles. The number of hydrogen-bond acceptors (Lipinski definition) is 4. The van der Waals surface area contributed by atoms with Crippen LogP contribution in [0, 0.1) is 21.4 Å². The van der Waals surface area contributed by atoms with Gasteiger partial charge in [-0.05, 0) is 12.1 Å². The zero-order valence-corrected chi connectivity index (χ0v) is 10.2. The van der Waals surface area contributed by atoms with Gasteiger partial charge in [0.05, 0.1) is 27.9 Å². The Morgan fingerprint density at radius 1 is 1.25 bits per heavy atom. The summed E-state index contributed by atoms with van der Waals surface area (Å²) in [6.07, 6.45) is 1.69. The number of rotatable bonds is 2. The lowest BCUT2D eigenvalue weighted by Gasteiger charge is -2.05.